The van der Waals surface area contributed by atoms with Crippen molar-refractivity contribution in [3.8, 4) is 11.5 Å². The lowest BCUT2D eigenvalue weighted by Crippen LogP contribution is -2.14. The second-order valence-corrected chi connectivity index (χ2v) is 8.26. The fraction of sp³-hybridized carbons (Fsp3) is 0.478. The van der Waals surface area contributed by atoms with E-state index in [4.69, 9.17) is 0 Å². The molecule has 148 valence electrons. The van der Waals surface area contributed by atoms with Crippen LogP contribution in [-0.4, -0.2) is 48.2 Å². The minimum atomic E-state index is 0.400. The molecule has 2 rings (SSSR count). The third-order valence-corrected chi connectivity index (χ3v) is 5.30. The quantitative estimate of drug-likeness (QED) is 0.805. The molecule has 0 aliphatic carbocycles. The smallest absolute Gasteiger partial charge is 0.123 e. The first-order valence-electron chi connectivity index (χ1n) is 9.44. The van der Waals surface area contributed by atoms with Gasteiger partial charge < -0.3 is 20.0 Å². The molecule has 4 heteroatoms. The number of aryl methyl sites for hydroxylation is 2. The van der Waals surface area contributed by atoms with Gasteiger partial charge >= 0.3 is 0 Å². The number of phenols is 2. The van der Waals surface area contributed by atoms with Crippen LogP contribution in [0.2, 0.25) is 0 Å². The molecule has 0 aliphatic heterocycles. The molecule has 0 aliphatic rings. The number of benzene rings is 2. The first-order valence-corrected chi connectivity index (χ1v) is 9.44. The van der Waals surface area contributed by atoms with E-state index in [9.17, 15) is 10.2 Å². The fourth-order valence-corrected chi connectivity index (χ4v) is 3.69. The first kappa shape index (κ1) is 21.3. The summed E-state index contributed by atoms with van der Waals surface area (Å²) in [5.74, 6) is 0.800. The number of phenolic OH excluding ortho intramolecular Hbond substituents is 2. The Morgan fingerprint density at radius 2 is 1.00 bits per heavy atom. The van der Waals surface area contributed by atoms with E-state index in [1.54, 1.807) is 0 Å². The molecule has 0 aromatic heterocycles. The van der Waals surface area contributed by atoms with E-state index in [2.05, 4.69) is 35.8 Å². The van der Waals surface area contributed by atoms with Crippen LogP contribution in [0.25, 0.3) is 0 Å². The Bertz CT molecular complexity index is 770. The van der Waals surface area contributed by atoms with Crippen molar-refractivity contribution in [3.63, 3.8) is 0 Å². The topological polar surface area (TPSA) is 46.9 Å². The highest BCUT2D eigenvalue weighted by atomic mass is 16.3. The van der Waals surface area contributed by atoms with Crippen LogP contribution < -0.4 is 0 Å². The monoisotopic (exact) mass is 370 g/mol. The van der Waals surface area contributed by atoms with Crippen molar-refractivity contribution in [2.45, 2.75) is 47.2 Å². The molecule has 0 saturated carbocycles. The Balaban J connectivity index is 2.54. The highest BCUT2D eigenvalue weighted by Crippen LogP contribution is 2.34. The summed E-state index contributed by atoms with van der Waals surface area (Å²) in [7, 11) is 8.06. The zero-order chi connectivity index (χ0) is 20.5. The van der Waals surface area contributed by atoms with E-state index in [1.807, 2.05) is 42.0 Å². The van der Waals surface area contributed by atoms with Crippen LogP contribution in [0.4, 0.5) is 0 Å². The van der Waals surface area contributed by atoms with Crippen LogP contribution in [0.15, 0.2) is 12.1 Å². The van der Waals surface area contributed by atoms with Gasteiger partial charge in [0.25, 0.3) is 0 Å². The predicted molar refractivity (Wildman–Crippen MR) is 113 cm³/mol. The van der Waals surface area contributed by atoms with E-state index in [1.165, 1.54) is 11.1 Å². The van der Waals surface area contributed by atoms with E-state index < -0.39 is 0 Å². The van der Waals surface area contributed by atoms with Gasteiger partial charge in [0.2, 0.25) is 0 Å². The van der Waals surface area contributed by atoms with Gasteiger partial charge in [-0.3, -0.25) is 0 Å². The third-order valence-electron chi connectivity index (χ3n) is 5.30. The predicted octanol–water partition coefficient (Wildman–Crippen LogP) is 4.05. The van der Waals surface area contributed by atoms with Gasteiger partial charge in [0, 0.05) is 24.2 Å². The molecule has 0 fully saturated rings. The number of aromatic hydroxyl groups is 2. The molecule has 2 aromatic carbocycles. The molecular weight excluding hydrogens is 336 g/mol. The highest BCUT2D eigenvalue weighted by Gasteiger charge is 2.17. The van der Waals surface area contributed by atoms with E-state index in [0.717, 1.165) is 39.8 Å². The zero-order valence-electron chi connectivity index (χ0n) is 18.1. The summed E-state index contributed by atoms with van der Waals surface area (Å²) >= 11 is 0. The average molecular weight is 371 g/mol. The minimum Gasteiger partial charge on any atom is -0.507 e. The van der Waals surface area contributed by atoms with Crippen molar-refractivity contribution in [1.82, 2.24) is 9.80 Å². The second kappa shape index (κ2) is 8.32. The molecule has 0 amide bonds. The maximum absolute atomic E-state index is 10.5. The summed E-state index contributed by atoms with van der Waals surface area (Å²) in [6, 6.07) is 4.19. The van der Waals surface area contributed by atoms with Gasteiger partial charge in [-0.2, -0.15) is 0 Å². The van der Waals surface area contributed by atoms with Crippen molar-refractivity contribution in [1.29, 1.82) is 0 Å². The number of hydrogen-bond donors (Lipinski definition) is 2. The first-order chi connectivity index (χ1) is 12.5. The van der Waals surface area contributed by atoms with Gasteiger partial charge in [-0.1, -0.05) is 12.1 Å². The fourth-order valence-electron chi connectivity index (χ4n) is 3.69. The maximum atomic E-state index is 10.5. The van der Waals surface area contributed by atoms with Crippen molar-refractivity contribution < 1.29 is 10.2 Å². The number of rotatable bonds is 6. The van der Waals surface area contributed by atoms with Gasteiger partial charge in [-0.05, 0) is 95.7 Å². The van der Waals surface area contributed by atoms with Gasteiger partial charge in [-0.25, -0.2) is 0 Å². The average Bonchev–Trinajstić information content (AvgIpc) is 2.57. The lowest BCUT2D eigenvalue weighted by Gasteiger charge is -2.21. The summed E-state index contributed by atoms with van der Waals surface area (Å²) in [6.45, 7) is 9.54. The van der Waals surface area contributed by atoms with E-state index >= 15 is 0 Å². The molecule has 0 spiro atoms. The Labute approximate surface area is 164 Å². The summed E-state index contributed by atoms with van der Waals surface area (Å²) in [5.41, 5.74) is 8.56. The van der Waals surface area contributed by atoms with Gasteiger partial charge in [-0.15, -0.1) is 0 Å². The summed E-state index contributed by atoms with van der Waals surface area (Å²) < 4.78 is 0. The largest absolute Gasteiger partial charge is 0.507 e. The van der Waals surface area contributed by atoms with Crippen LogP contribution in [0.1, 0.15) is 44.5 Å². The summed E-state index contributed by atoms with van der Waals surface area (Å²) in [6.07, 6.45) is 0.792. The molecular formula is C23H34N2O2. The Kier molecular flexibility index (Phi) is 6.55. The molecule has 0 atom stereocenters. The van der Waals surface area contributed by atoms with Crippen molar-refractivity contribution in [3.05, 3.63) is 56.6 Å². The second-order valence-electron chi connectivity index (χ2n) is 8.26. The lowest BCUT2D eigenvalue weighted by atomic mass is 9.89. The van der Waals surface area contributed by atoms with Crippen LogP contribution in [0, 0.1) is 27.7 Å². The van der Waals surface area contributed by atoms with Crippen LogP contribution in [0.3, 0.4) is 0 Å². The lowest BCUT2D eigenvalue weighted by molar-refractivity contribution is 0.383. The Morgan fingerprint density at radius 3 is 1.30 bits per heavy atom. The highest BCUT2D eigenvalue weighted by molar-refractivity contribution is 5.53. The van der Waals surface area contributed by atoms with Crippen molar-refractivity contribution in [2.75, 3.05) is 28.2 Å². The molecule has 4 nitrogen and oxygen atoms in total. The number of nitrogens with zero attached hydrogens (tertiary/aromatic N) is 2. The molecule has 0 heterocycles. The third kappa shape index (κ3) is 4.63. The molecule has 0 bridgehead atoms. The van der Waals surface area contributed by atoms with Crippen molar-refractivity contribution in [2.24, 2.45) is 0 Å². The van der Waals surface area contributed by atoms with Gasteiger partial charge in [0.05, 0.1) is 0 Å². The normalized spacial score (nSPS) is 11.6. The van der Waals surface area contributed by atoms with Crippen LogP contribution >= 0.6 is 0 Å². The molecule has 0 unspecified atom stereocenters. The summed E-state index contributed by atoms with van der Waals surface area (Å²) in [5, 5.41) is 21.1. The van der Waals surface area contributed by atoms with E-state index in [0.29, 0.717) is 24.6 Å². The van der Waals surface area contributed by atoms with Crippen LogP contribution in [0.5, 0.6) is 11.5 Å². The minimum absolute atomic E-state index is 0.400. The van der Waals surface area contributed by atoms with E-state index in [-0.39, 0.29) is 0 Å². The van der Waals surface area contributed by atoms with Gasteiger partial charge in [0.15, 0.2) is 0 Å². The zero-order valence-corrected chi connectivity index (χ0v) is 18.1. The number of hydrogen-bond acceptors (Lipinski definition) is 4. The Morgan fingerprint density at radius 1 is 0.667 bits per heavy atom. The molecule has 0 radical (unpaired) electrons. The maximum Gasteiger partial charge on any atom is 0.123 e. The summed E-state index contributed by atoms with van der Waals surface area (Å²) in [4.78, 5) is 4.16. The van der Waals surface area contributed by atoms with Crippen molar-refractivity contribution >= 4 is 0 Å². The molecule has 0 saturated heterocycles. The Hall–Kier alpha value is -2.04. The standard InChI is InChI=1S/C23H34N2O2/c1-14-9-18(16(3)20(22(14)26)12-24(5)6)11-19-10-15(2)23(27)21(17(19)4)13-25(7)8/h9-10,26-27H,11-13H2,1-8H3. The molecule has 2 aromatic rings. The van der Waals surface area contributed by atoms with Gasteiger partial charge in [0.1, 0.15) is 11.5 Å². The molecule has 2 N–H and O–H groups in total. The molecule has 27 heavy (non-hydrogen) atoms. The SMILES string of the molecule is Cc1cc(Cc2cc(C)c(O)c(CN(C)C)c2C)c(C)c(CN(C)C)c1O. The van der Waals surface area contributed by atoms with Crippen LogP contribution in [-0.2, 0) is 19.5 Å².